The number of carbonyl (C=O) groups excluding carboxylic acids is 1. The molecule has 1 aliphatic rings. The highest BCUT2D eigenvalue weighted by Gasteiger charge is 2.21. The van der Waals surface area contributed by atoms with Crippen LogP contribution in [0.4, 0.5) is 22.1 Å². The number of carbonyl (C=O) groups is 1. The Morgan fingerprint density at radius 2 is 1.96 bits per heavy atom. The van der Waals surface area contributed by atoms with Crippen LogP contribution in [0.5, 0.6) is 0 Å². The Morgan fingerprint density at radius 3 is 2.67 bits per heavy atom. The highest BCUT2D eigenvalue weighted by Crippen LogP contribution is 2.27. The smallest absolute Gasteiger partial charge is 0.319 e. The van der Waals surface area contributed by atoms with Crippen molar-refractivity contribution in [3.8, 4) is 11.8 Å². The summed E-state index contributed by atoms with van der Waals surface area (Å²) in [5, 5.41) is 5.64. The Morgan fingerprint density at radius 1 is 1.21 bits per heavy atom. The number of hydrogen-bond donors (Lipinski definition) is 4. The van der Waals surface area contributed by atoms with E-state index in [9.17, 15) is 4.79 Å². The molecule has 7 heteroatoms. The van der Waals surface area contributed by atoms with E-state index in [-0.39, 0.29) is 17.7 Å². The maximum Gasteiger partial charge on any atom is 0.319 e. The lowest BCUT2D eigenvalue weighted by molar-refractivity contribution is 0.251. The molecule has 0 radical (unpaired) electrons. The monoisotopic (exact) mass is 322 g/mol. The maximum atomic E-state index is 11.8. The van der Waals surface area contributed by atoms with Crippen LogP contribution in [0, 0.1) is 17.8 Å². The van der Waals surface area contributed by atoms with E-state index in [1.165, 1.54) is 19.2 Å². The van der Waals surface area contributed by atoms with Gasteiger partial charge in [-0.25, -0.2) is 14.8 Å². The molecule has 122 valence electrons. The van der Waals surface area contributed by atoms with E-state index in [1.54, 1.807) is 12.1 Å². The van der Waals surface area contributed by atoms with Gasteiger partial charge in [0.05, 0.1) is 0 Å². The highest BCUT2D eigenvalue weighted by atomic mass is 16.2. The molecule has 7 nitrogen and oxygen atoms in total. The van der Waals surface area contributed by atoms with Crippen LogP contribution in [-0.4, -0.2) is 22.5 Å². The third-order valence-electron chi connectivity index (χ3n) is 3.61. The minimum atomic E-state index is -0.211. The Balaban J connectivity index is 1.69. The molecular weight excluding hydrogens is 304 g/mol. The normalized spacial score (nSPS) is 12.8. The summed E-state index contributed by atoms with van der Waals surface area (Å²) in [7, 11) is 0. The molecule has 0 bridgehead atoms. The van der Waals surface area contributed by atoms with Crippen LogP contribution in [0.1, 0.15) is 24.0 Å². The summed E-state index contributed by atoms with van der Waals surface area (Å²) >= 11 is 0. The van der Waals surface area contributed by atoms with Crippen LogP contribution in [0.25, 0.3) is 0 Å². The zero-order chi connectivity index (χ0) is 16.9. The quantitative estimate of drug-likeness (QED) is 0.640. The van der Waals surface area contributed by atoms with Gasteiger partial charge in [0, 0.05) is 17.8 Å². The highest BCUT2D eigenvalue weighted by molar-refractivity contribution is 5.89. The van der Waals surface area contributed by atoms with Gasteiger partial charge in [-0.15, -0.1) is 0 Å². The van der Waals surface area contributed by atoms with Crippen LogP contribution in [0.2, 0.25) is 0 Å². The maximum absolute atomic E-state index is 11.8. The third-order valence-corrected chi connectivity index (χ3v) is 3.61. The van der Waals surface area contributed by atoms with Gasteiger partial charge in [-0.3, -0.25) is 0 Å². The van der Waals surface area contributed by atoms with Crippen LogP contribution < -0.4 is 22.1 Å². The van der Waals surface area contributed by atoms with Gasteiger partial charge in [-0.2, -0.15) is 0 Å². The molecule has 2 amide bonds. The minimum Gasteiger partial charge on any atom is -0.382 e. The zero-order valence-corrected chi connectivity index (χ0v) is 13.0. The molecule has 0 saturated heterocycles. The van der Waals surface area contributed by atoms with Crippen LogP contribution in [0.3, 0.4) is 0 Å². The van der Waals surface area contributed by atoms with Crippen molar-refractivity contribution in [3.63, 3.8) is 0 Å². The molecule has 1 saturated carbocycles. The zero-order valence-electron chi connectivity index (χ0n) is 13.0. The van der Waals surface area contributed by atoms with Gasteiger partial charge in [-0.1, -0.05) is 17.9 Å². The molecule has 0 atom stereocenters. The number of benzene rings is 1. The summed E-state index contributed by atoms with van der Waals surface area (Å²) in [5.74, 6) is 6.94. The number of nitrogen functional groups attached to an aromatic ring is 2. The number of anilines is 3. The van der Waals surface area contributed by atoms with E-state index in [1.807, 2.05) is 12.1 Å². The molecule has 1 heterocycles. The second-order valence-electron chi connectivity index (χ2n) is 5.63. The molecule has 3 rings (SSSR count). The number of nitrogens with two attached hydrogens (primary N) is 2. The third kappa shape index (κ3) is 4.14. The first-order chi connectivity index (χ1) is 11.6. The largest absolute Gasteiger partial charge is 0.382 e. The number of hydrogen-bond acceptors (Lipinski definition) is 5. The molecule has 24 heavy (non-hydrogen) atoms. The van der Waals surface area contributed by atoms with Gasteiger partial charge >= 0.3 is 6.03 Å². The first-order valence-electron chi connectivity index (χ1n) is 7.64. The molecule has 2 aromatic rings. The molecule has 1 aromatic heterocycles. The fraction of sp³-hybridized carbons (Fsp3) is 0.235. The fourth-order valence-corrected chi connectivity index (χ4v) is 2.09. The van der Waals surface area contributed by atoms with E-state index in [4.69, 9.17) is 11.5 Å². The summed E-state index contributed by atoms with van der Waals surface area (Å²) in [5.41, 5.74) is 13.3. The van der Waals surface area contributed by atoms with Crippen molar-refractivity contribution in [3.05, 3.63) is 41.7 Å². The lowest BCUT2D eigenvalue weighted by Crippen LogP contribution is -2.30. The van der Waals surface area contributed by atoms with Crippen molar-refractivity contribution in [1.82, 2.24) is 15.3 Å². The van der Waals surface area contributed by atoms with Gasteiger partial charge in [0.2, 0.25) is 0 Å². The molecule has 1 aromatic carbocycles. The van der Waals surface area contributed by atoms with Gasteiger partial charge < -0.3 is 22.1 Å². The lowest BCUT2D eigenvalue weighted by Gasteiger charge is -2.07. The summed E-state index contributed by atoms with van der Waals surface area (Å²) in [6, 6.07) is 7.01. The van der Waals surface area contributed by atoms with Crippen molar-refractivity contribution in [1.29, 1.82) is 0 Å². The lowest BCUT2D eigenvalue weighted by atomic mass is 10.2. The molecule has 0 spiro atoms. The number of nitrogens with one attached hydrogen (secondary N) is 2. The van der Waals surface area contributed by atoms with Crippen molar-refractivity contribution in [2.45, 2.75) is 12.8 Å². The van der Waals surface area contributed by atoms with Crippen molar-refractivity contribution in [2.24, 2.45) is 5.92 Å². The average molecular weight is 322 g/mol. The Hall–Kier alpha value is -3.27. The summed E-state index contributed by atoms with van der Waals surface area (Å²) in [4.78, 5) is 19.6. The van der Waals surface area contributed by atoms with Crippen molar-refractivity contribution < 1.29 is 4.79 Å². The van der Waals surface area contributed by atoms with E-state index in [2.05, 4.69) is 32.4 Å². The molecule has 6 N–H and O–H groups in total. The molecule has 1 aliphatic carbocycles. The standard InChI is InChI=1S/C17H18N6O/c18-15-14(16(19)22-10-21-15)7-6-11-2-1-3-13(8-11)23-17(24)20-9-12-4-5-12/h1-3,8,10,12H,4-5,9H2,(H2,20,23,24)(H4,18,19,21,22). The first kappa shape index (κ1) is 15.6. The first-order valence-corrected chi connectivity index (χ1v) is 7.64. The van der Waals surface area contributed by atoms with Gasteiger partial charge in [0.1, 0.15) is 23.5 Å². The van der Waals surface area contributed by atoms with E-state index < -0.39 is 0 Å². The van der Waals surface area contributed by atoms with E-state index in [0.29, 0.717) is 17.2 Å². The van der Waals surface area contributed by atoms with E-state index >= 15 is 0 Å². The SMILES string of the molecule is Nc1ncnc(N)c1C#Cc1cccc(NC(=O)NCC2CC2)c1. The Bertz CT molecular complexity index is 799. The number of urea groups is 1. The fourth-order valence-electron chi connectivity index (χ4n) is 2.09. The van der Waals surface area contributed by atoms with Gasteiger partial charge in [0.15, 0.2) is 0 Å². The Labute approximate surface area is 139 Å². The predicted molar refractivity (Wildman–Crippen MR) is 93.0 cm³/mol. The predicted octanol–water partition coefficient (Wildman–Crippen LogP) is 1.57. The van der Waals surface area contributed by atoms with Crippen LogP contribution >= 0.6 is 0 Å². The van der Waals surface area contributed by atoms with Crippen LogP contribution in [0.15, 0.2) is 30.6 Å². The molecular formula is C17H18N6O. The second-order valence-corrected chi connectivity index (χ2v) is 5.63. The molecule has 0 unspecified atom stereocenters. The second kappa shape index (κ2) is 6.87. The summed E-state index contributed by atoms with van der Waals surface area (Å²) < 4.78 is 0. The Kier molecular flexibility index (Phi) is 4.47. The average Bonchev–Trinajstić information content (AvgIpc) is 3.37. The topological polar surface area (TPSA) is 119 Å². The van der Waals surface area contributed by atoms with Crippen LogP contribution in [-0.2, 0) is 0 Å². The summed E-state index contributed by atoms with van der Waals surface area (Å²) in [6.07, 6.45) is 3.68. The number of amides is 2. The van der Waals surface area contributed by atoms with Crippen molar-refractivity contribution >= 4 is 23.4 Å². The minimum absolute atomic E-state index is 0.211. The number of rotatable bonds is 3. The van der Waals surface area contributed by atoms with E-state index in [0.717, 1.165) is 12.1 Å². The van der Waals surface area contributed by atoms with Gasteiger partial charge in [0.25, 0.3) is 0 Å². The molecule has 1 fully saturated rings. The number of nitrogens with zero attached hydrogens (tertiary/aromatic N) is 2. The van der Waals surface area contributed by atoms with Gasteiger partial charge in [-0.05, 0) is 37.0 Å². The van der Waals surface area contributed by atoms with Crippen molar-refractivity contribution in [2.75, 3.05) is 23.3 Å². The summed E-state index contributed by atoms with van der Waals surface area (Å²) in [6.45, 7) is 0.720. The number of aromatic nitrogens is 2. The molecule has 0 aliphatic heterocycles.